The maximum atomic E-state index is 12.8. The zero-order valence-corrected chi connectivity index (χ0v) is 9.76. The second-order valence-corrected chi connectivity index (χ2v) is 4.04. The summed E-state index contributed by atoms with van der Waals surface area (Å²) in [7, 11) is 0. The number of nitrogens with two attached hydrogens (primary N) is 1. The van der Waals surface area contributed by atoms with Crippen molar-refractivity contribution in [3.63, 3.8) is 0 Å². The smallest absolute Gasteiger partial charge is 0.382 e. The molecule has 1 aromatic heterocycles. The lowest BCUT2D eigenvalue weighted by Gasteiger charge is -2.12. The van der Waals surface area contributed by atoms with Crippen molar-refractivity contribution < 1.29 is 13.2 Å². The molecule has 2 nitrogen and oxygen atoms in total. The first-order valence-electron chi connectivity index (χ1n) is 4.97. The number of halogens is 4. The van der Waals surface area contributed by atoms with Gasteiger partial charge < -0.3 is 5.73 Å². The Kier molecular flexibility index (Phi) is 3.17. The summed E-state index contributed by atoms with van der Waals surface area (Å²) in [5.74, 6) is 0.0879. The number of pyridine rings is 1. The molecule has 94 valence electrons. The first-order chi connectivity index (χ1) is 8.39. The third-order valence-electron chi connectivity index (χ3n) is 2.41. The highest BCUT2D eigenvalue weighted by atomic mass is 35.5. The number of hydrogen-bond acceptors (Lipinski definition) is 2. The SMILES string of the molecule is Nc1ncc(-c2ccccc2C(F)(F)F)cc1Cl. The van der Waals surface area contributed by atoms with E-state index in [-0.39, 0.29) is 22.0 Å². The zero-order valence-electron chi connectivity index (χ0n) is 9.00. The first kappa shape index (κ1) is 12.7. The van der Waals surface area contributed by atoms with Crippen LogP contribution in [0, 0.1) is 0 Å². The molecule has 0 saturated heterocycles. The normalized spacial score (nSPS) is 11.6. The van der Waals surface area contributed by atoms with Crippen molar-refractivity contribution in [2.75, 3.05) is 5.73 Å². The zero-order chi connectivity index (χ0) is 13.3. The summed E-state index contributed by atoms with van der Waals surface area (Å²) in [6, 6.07) is 6.61. The second kappa shape index (κ2) is 4.49. The third kappa shape index (κ3) is 2.41. The van der Waals surface area contributed by atoms with E-state index >= 15 is 0 Å². The van der Waals surface area contributed by atoms with Crippen LogP contribution in [0.2, 0.25) is 5.02 Å². The summed E-state index contributed by atoms with van der Waals surface area (Å²) in [6.07, 6.45) is -3.16. The number of rotatable bonds is 1. The Hall–Kier alpha value is -1.75. The number of alkyl halides is 3. The van der Waals surface area contributed by atoms with Crippen molar-refractivity contribution in [2.45, 2.75) is 6.18 Å². The number of hydrogen-bond donors (Lipinski definition) is 1. The summed E-state index contributed by atoms with van der Waals surface area (Å²) < 4.78 is 38.5. The molecule has 1 heterocycles. The van der Waals surface area contributed by atoms with Crippen molar-refractivity contribution in [3.05, 3.63) is 47.1 Å². The lowest BCUT2D eigenvalue weighted by atomic mass is 10.0. The average molecular weight is 273 g/mol. The minimum Gasteiger partial charge on any atom is -0.382 e. The number of nitrogens with zero attached hydrogens (tertiary/aromatic N) is 1. The van der Waals surface area contributed by atoms with Crippen LogP contribution in [0.5, 0.6) is 0 Å². The van der Waals surface area contributed by atoms with Crippen LogP contribution in [0.4, 0.5) is 19.0 Å². The van der Waals surface area contributed by atoms with Crippen LogP contribution in [0.1, 0.15) is 5.56 Å². The van der Waals surface area contributed by atoms with Crippen LogP contribution in [0.25, 0.3) is 11.1 Å². The third-order valence-corrected chi connectivity index (χ3v) is 2.72. The fraction of sp³-hybridized carbons (Fsp3) is 0.0833. The molecule has 18 heavy (non-hydrogen) atoms. The molecular formula is C12H8ClF3N2. The Morgan fingerprint density at radius 2 is 1.83 bits per heavy atom. The van der Waals surface area contributed by atoms with Gasteiger partial charge in [-0.3, -0.25) is 0 Å². The molecule has 0 aliphatic carbocycles. The highest BCUT2D eigenvalue weighted by Crippen LogP contribution is 2.37. The molecular weight excluding hydrogens is 265 g/mol. The molecule has 2 N–H and O–H groups in total. The van der Waals surface area contributed by atoms with Crippen LogP contribution in [-0.2, 0) is 6.18 Å². The maximum absolute atomic E-state index is 12.8. The minimum atomic E-state index is -4.43. The van der Waals surface area contributed by atoms with Gasteiger partial charge in [-0.05, 0) is 17.7 Å². The van der Waals surface area contributed by atoms with Crippen molar-refractivity contribution in [3.8, 4) is 11.1 Å². The van der Waals surface area contributed by atoms with Gasteiger partial charge in [0.1, 0.15) is 5.82 Å². The van der Waals surface area contributed by atoms with E-state index in [1.54, 1.807) is 0 Å². The van der Waals surface area contributed by atoms with E-state index in [9.17, 15) is 13.2 Å². The van der Waals surface area contributed by atoms with E-state index < -0.39 is 11.7 Å². The molecule has 0 atom stereocenters. The Morgan fingerprint density at radius 1 is 1.17 bits per heavy atom. The molecule has 0 fully saturated rings. The predicted octanol–water partition coefficient (Wildman–Crippen LogP) is 4.00. The molecule has 0 amide bonds. The number of aromatic nitrogens is 1. The van der Waals surface area contributed by atoms with Crippen molar-refractivity contribution in [1.82, 2.24) is 4.98 Å². The summed E-state index contributed by atoms with van der Waals surface area (Å²) in [6.45, 7) is 0. The molecule has 0 aliphatic heterocycles. The Morgan fingerprint density at radius 3 is 2.44 bits per heavy atom. The molecule has 0 saturated carbocycles. The van der Waals surface area contributed by atoms with Crippen LogP contribution in [0.3, 0.4) is 0 Å². The van der Waals surface area contributed by atoms with Gasteiger partial charge in [0.15, 0.2) is 0 Å². The Balaban J connectivity index is 2.61. The predicted molar refractivity (Wildman–Crippen MR) is 64.1 cm³/mol. The maximum Gasteiger partial charge on any atom is 0.417 e. The van der Waals surface area contributed by atoms with Gasteiger partial charge in [0.2, 0.25) is 0 Å². The molecule has 6 heteroatoms. The van der Waals surface area contributed by atoms with E-state index in [0.717, 1.165) is 6.07 Å². The van der Waals surface area contributed by atoms with Gasteiger partial charge >= 0.3 is 6.18 Å². The average Bonchev–Trinajstić information content (AvgIpc) is 2.32. The van der Waals surface area contributed by atoms with E-state index in [2.05, 4.69) is 4.98 Å². The van der Waals surface area contributed by atoms with Crippen LogP contribution < -0.4 is 5.73 Å². The van der Waals surface area contributed by atoms with E-state index in [4.69, 9.17) is 17.3 Å². The summed E-state index contributed by atoms with van der Waals surface area (Å²) >= 11 is 5.76. The fourth-order valence-corrected chi connectivity index (χ4v) is 1.74. The van der Waals surface area contributed by atoms with Gasteiger partial charge in [-0.2, -0.15) is 13.2 Å². The number of anilines is 1. The minimum absolute atomic E-state index is 0.0272. The lowest BCUT2D eigenvalue weighted by molar-refractivity contribution is -0.137. The Labute approximate surface area is 106 Å². The summed E-state index contributed by atoms with van der Waals surface area (Å²) in [5.41, 5.74) is 5.00. The molecule has 2 rings (SSSR count). The summed E-state index contributed by atoms with van der Waals surface area (Å²) in [5, 5.41) is 0.129. The van der Waals surface area contributed by atoms with Crippen molar-refractivity contribution >= 4 is 17.4 Å². The van der Waals surface area contributed by atoms with Crippen LogP contribution in [0.15, 0.2) is 36.5 Å². The van der Waals surface area contributed by atoms with E-state index in [0.29, 0.717) is 0 Å². The van der Waals surface area contributed by atoms with Gasteiger partial charge in [0, 0.05) is 11.8 Å². The van der Waals surface area contributed by atoms with Gasteiger partial charge in [-0.15, -0.1) is 0 Å². The number of benzene rings is 1. The number of nitrogen functional groups attached to an aromatic ring is 1. The van der Waals surface area contributed by atoms with Crippen LogP contribution >= 0.6 is 11.6 Å². The molecule has 0 spiro atoms. The molecule has 0 bridgehead atoms. The second-order valence-electron chi connectivity index (χ2n) is 3.63. The van der Waals surface area contributed by atoms with Crippen molar-refractivity contribution in [1.29, 1.82) is 0 Å². The lowest BCUT2D eigenvalue weighted by Crippen LogP contribution is -2.07. The van der Waals surface area contributed by atoms with Gasteiger partial charge in [0.25, 0.3) is 0 Å². The van der Waals surface area contributed by atoms with Gasteiger partial charge in [-0.1, -0.05) is 29.8 Å². The standard InChI is InChI=1S/C12H8ClF3N2/c13-10-5-7(6-18-11(10)17)8-3-1-2-4-9(8)12(14,15)16/h1-6H,(H2,17,18). The fourth-order valence-electron chi connectivity index (χ4n) is 1.58. The van der Waals surface area contributed by atoms with E-state index in [1.807, 2.05) is 0 Å². The molecule has 0 aliphatic rings. The quantitative estimate of drug-likeness (QED) is 0.852. The van der Waals surface area contributed by atoms with E-state index in [1.165, 1.54) is 30.5 Å². The van der Waals surface area contributed by atoms with Crippen molar-refractivity contribution in [2.24, 2.45) is 0 Å². The highest BCUT2D eigenvalue weighted by molar-refractivity contribution is 6.33. The first-order valence-corrected chi connectivity index (χ1v) is 5.35. The Bertz CT molecular complexity index is 582. The topological polar surface area (TPSA) is 38.9 Å². The highest BCUT2D eigenvalue weighted by Gasteiger charge is 2.33. The monoisotopic (exact) mass is 272 g/mol. The molecule has 1 aromatic carbocycles. The molecule has 2 aromatic rings. The summed E-state index contributed by atoms with van der Waals surface area (Å²) in [4.78, 5) is 3.76. The largest absolute Gasteiger partial charge is 0.417 e. The molecule has 0 radical (unpaired) electrons. The molecule has 0 unspecified atom stereocenters. The van der Waals surface area contributed by atoms with Gasteiger partial charge in [0.05, 0.1) is 10.6 Å². The van der Waals surface area contributed by atoms with Gasteiger partial charge in [-0.25, -0.2) is 4.98 Å². The van der Waals surface area contributed by atoms with Crippen LogP contribution in [-0.4, -0.2) is 4.98 Å².